The molecule has 3 N–H and O–H groups in total. The number of hydrogen-bond acceptors (Lipinski definition) is 4. The van der Waals surface area contributed by atoms with E-state index in [0.717, 1.165) is 0 Å². The second-order valence-corrected chi connectivity index (χ2v) is 5.17. The lowest BCUT2D eigenvalue weighted by Gasteiger charge is -2.11. The summed E-state index contributed by atoms with van der Waals surface area (Å²) in [7, 11) is 0. The van der Waals surface area contributed by atoms with E-state index in [1.54, 1.807) is 37.3 Å². The van der Waals surface area contributed by atoms with Crippen molar-refractivity contribution >= 4 is 27.5 Å². The Morgan fingerprint density at radius 2 is 2.05 bits per heavy atom. The Morgan fingerprint density at radius 1 is 1.33 bits per heavy atom. The molecule has 21 heavy (non-hydrogen) atoms. The van der Waals surface area contributed by atoms with Crippen molar-refractivity contribution in [2.75, 3.05) is 0 Å². The summed E-state index contributed by atoms with van der Waals surface area (Å²) in [5.74, 6) is 0.845. The molecule has 0 unspecified atom stereocenters. The summed E-state index contributed by atoms with van der Waals surface area (Å²) in [5.41, 5.74) is 6.42. The molecule has 0 aromatic heterocycles. The number of nitrogens with two attached hydrogens (primary N) is 1. The number of benzene rings is 2. The molecule has 0 aliphatic heterocycles. The minimum Gasteiger partial charge on any atom is -0.456 e. The standard InChI is InChI=1S/C14H12BrN3O3/c1-8-11(18(19)20)3-2-4-12(8)21-13-6-5-9(14(16)17)7-10(13)15/h2-7H,1H3,(H3,16,17). The van der Waals surface area contributed by atoms with Crippen molar-refractivity contribution in [1.82, 2.24) is 0 Å². The zero-order chi connectivity index (χ0) is 15.6. The summed E-state index contributed by atoms with van der Waals surface area (Å²) in [6.07, 6.45) is 0. The van der Waals surface area contributed by atoms with Gasteiger partial charge < -0.3 is 10.5 Å². The highest BCUT2D eigenvalue weighted by atomic mass is 79.9. The van der Waals surface area contributed by atoms with Gasteiger partial charge in [0, 0.05) is 11.6 Å². The fourth-order valence-corrected chi connectivity index (χ4v) is 2.24. The predicted molar refractivity (Wildman–Crippen MR) is 83.1 cm³/mol. The topological polar surface area (TPSA) is 102 Å². The molecule has 0 aliphatic rings. The van der Waals surface area contributed by atoms with E-state index in [-0.39, 0.29) is 11.5 Å². The summed E-state index contributed by atoms with van der Waals surface area (Å²) < 4.78 is 6.31. The maximum absolute atomic E-state index is 10.9. The maximum Gasteiger partial charge on any atom is 0.276 e. The van der Waals surface area contributed by atoms with Gasteiger partial charge in [0.2, 0.25) is 0 Å². The Balaban J connectivity index is 2.37. The lowest BCUT2D eigenvalue weighted by atomic mass is 10.1. The van der Waals surface area contributed by atoms with Gasteiger partial charge in [-0.1, -0.05) is 6.07 Å². The Labute approximate surface area is 129 Å². The van der Waals surface area contributed by atoms with Crippen molar-refractivity contribution < 1.29 is 9.66 Å². The van der Waals surface area contributed by atoms with E-state index in [1.807, 2.05) is 0 Å². The minimum atomic E-state index is -0.448. The summed E-state index contributed by atoms with van der Waals surface area (Å²) in [5, 5.41) is 18.3. The third-order valence-corrected chi connectivity index (χ3v) is 3.53. The second kappa shape index (κ2) is 5.92. The Morgan fingerprint density at radius 3 is 2.62 bits per heavy atom. The van der Waals surface area contributed by atoms with Crippen molar-refractivity contribution in [1.29, 1.82) is 5.41 Å². The van der Waals surface area contributed by atoms with E-state index in [0.29, 0.717) is 27.1 Å². The Bertz CT molecular complexity index is 731. The number of nitro groups is 1. The largest absolute Gasteiger partial charge is 0.456 e. The number of nitrogen functional groups attached to an aromatic ring is 1. The number of hydrogen-bond donors (Lipinski definition) is 2. The van der Waals surface area contributed by atoms with Crippen LogP contribution in [0.3, 0.4) is 0 Å². The van der Waals surface area contributed by atoms with Crippen LogP contribution in [0.1, 0.15) is 11.1 Å². The Hall–Kier alpha value is -2.41. The molecule has 0 fully saturated rings. The highest BCUT2D eigenvalue weighted by molar-refractivity contribution is 9.10. The van der Waals surface area contributed by atoms with Gasteiger partial charge in [-0.25, -0.2) is 0 Å². The van der Waals surface area contributed by atoms with Crippen LogP contribution in [0.15, 0.2) is 40.9 Å². The predicted octanol–water partition coefficient (Wildman–Crippen LogP) is 3.74. The third-order valence-electron chi connectivity index (χ3n) is 2.91. The van der Waals surface area contributed by atoms with Crippen molar-refractivity contribution in [3.05, 3.63) is 62.1 Å². The molecule has 7 heteroatoms. The number of nitro benzene ring substituents is 1. The van der Waals surface area contributed by atoms with Crippen LogP contribution >= 0.6 is 15.9 Å². The molecule has 6 nitrogen and oxygen atoms in total. The summed E-state index contributed by atoms with van der Waals surface area (Å²) in [6.45, 7) is 1.63. The molecule has 108 valence electrons. The minimum absolute atomic E-state index is 0.00368. The quantitative estimate of drug-likeness (QED) is 0.379. The number of ether oxygens (including phenoxy) is 1. The maximum atomic E-state index is 10.9. The van der Waals surface area contributed by atoms with Crippen molar-refractivity contribution in [3.63, 3.8) is 0 Å². The number of rotatable bonds is 4. The van der Waals surface area contributed by atoms with Crippen molar-refractivity contribution in [2.45, 2.75) is 6.92 Å². The van der Waals surface area contributed by atoms with Gasteiger partial charge in [-0.05, 0) is 47.1 Å². The van der Waals surface area contributed by atoms with E-state index in [9.17, 15) is 10.1 Å². The molecule has 2 aromatic rings. The molecule has 0 bridgehead atoms. The molecule has 0 heterocycles. The first-order valence-corrected chi connectivity index (χ1v) is 6.75. The van der Waals surface area contributed by atoms with Gasteiger partial charge in [-0.15, -0.1) is 0 Å². The molecule has 0 saturated carbocycles. The Kier molecular flexibility index (Phi) is 4.23. The zero-order valence-corrected chi connectivity index (χ0v) is 12.7. The van der Waals surface area contributed by atoms with Crippen LogP contribution < -0.4 is 10.5 Å². The van der Waals surface area contributed by atoms with Crippen molar-refractivity contribution in [2.24, 2.45) is 5.73 Å². The fourth-order valence-electron chi connectivity index (χ4n) is 1.78. The van der Waals surface area contributed by atoms with Crippen LogP contribution in [-0.2, 0) is 0 Å². The number of nitrogens with zero attached hydrogens (tertiary/aromatic N) is 1. The smallest absolute Gasteiger partial charge is 0.276 e. The van der Waals surface area contributed by atoms with Crippen molar-refractivity contribution in [3.8, 4) is 11.5 Å². The van der Waals surface area contributed by atoms with E-state index < -0.39 is 4.92 Å². The second-order valence-electron chi connectivity index (χ2n) is 4.32. The summed E-state index contributed by atoms with van der Waals surface area (Å²) >= 11 is 3.33. The van der Waals surface area contributed by atoms with Crippen LogP contribution in [0.5, 0.6) is 11.5 Å². The number of halogens is 1. The molecule has 0 atom stereocenters. The van der Waals surface area contributed by atoms with Gasteiger partial charge in [-0.3, -0.25) is 15.5 Å². The normalized spacial score (nSPS) is 10.2. The third kappa shape index (κ3) is 3.19. The highest BCUT2D eigenvalue weighted by Crippen LogP contribution is 2.34. The average Bonchev–Trinajstić information content (AvgIpc) is 2.42. The van der Waals surface area contributed by atoms with Gasteiger partial charge in [0.15, 0.2) is 0 Å². The molecule has 0 spiro atoms. The molecular formula is C14H12BrN3O3. The van der Waals surface area contributed by atoms with E-state index in [2.05, 4.69) is 15.9 Å². The molecule has 0 saturated heterocycles. The van der Waals surface area contributed by atoms with Gasteiger partial charge in [0.1, 0.15) is 17.3 Å². The first kappa shape index (κ1) is 15.0. The molecule has 2 aromatic carbocycles. The molecule has 0 aliphatic carbocycles. The first-order chi connectivity index (χ1) is 9.90. The zero-order valence-electron chi connectivity index (χ0n) is 11.1. The lowest BCUT2D eigenvalue weighted by molar-refractivity contribution is -0.385. The number of nitrogens with one attached hydrogen (secondary N) is 1. The van der Waals surface area contributed by atoms with Gasteiger partial charge >= 0.3 is 0 Å². The van der Waals surface area contributed by atoms with Crippen LogP contribution in [0.4, 0.5) is 5.69 Å². The van der Waals surface area contributed by atoms with E-state index >= 15 is 0 Å². The lowest BCUT2D eigenvalue weighted by Crippen LogP contribution is -2.10. The SMILES string of the molecule is Cc1c(Oc2ccc(C(=N)N)cc2Br)cccc1[N+](=O)[O-]. The monoisotopic (exact) mass is 349 g/mol. The molecule has 0 radical (unpaired) electrons. The number of amidine groups is 1. The molecular weight excluding hydrogens is 338 g/mol. The summed E-state index contributed by atoms with van der Waals surface area (Å²) in [4.78, 5) is 10.5. The van der Waals surface area contributed by atoms with Crippen LogP contribution in [0.2, 0.25) is 0 Å². The van der Waals surface area contributed by atoms with Crippen LogP contribution in [0, 0.1) is 22.4 Å². The fraction of sp³-hybridized carbons (Fsp3) is 0.0714. The first-order valence-electron chi connectivity index (χ1n) is 5.96. The molecule has 0 amide bonds. The van der Waals surface area contributed by atoms with Gasteiger partial charge in [0.05, 0.1) is 15.0 Å². The van der Waals surface area contributed by atoms with E-state index in [4.69, 9.17) is 15.9 Å². The van der Waals surface area contributed by atoms with Gasteiger partial charge in [-0.2, -0.15) is 0 Å². The molecule has 2 rings (SSSR count). The van der Waals surface area contributed by atoms with Crippen LogP contribution in [0.25, 0.3) is 0 Å². The van der Waals surface area contributed by atoms with E-state index in [1.165, 1.54) is 6.07 Å². The van der Waals surface area contributed by atoms with Gasteiger partial charge in [0.25, 0.3) is 5.69 Å². The average molecular weight is 350 g/mol. The highest BCUT2D eigenvalue weighted by Gasteiger charge is 2.15. The van der Waals surface area contributed by atoms with Crippen LogP contribution in [-0.4, -0.2) is 10.8 Å². The summed E-state index contributed by atoms with van der Waals surface area (Å²) in [6, 6.07) is 9.61.